The van der Waals surface area contributed by atoms with Crippen molar-refractivity contribution >= 4 is 5.91 Å². The highest BCUT2D eigenvalue weighted by Gasteiger charge is 2.28. The molecule has 1 fully saturated rings. The Kier molecular flexibility index (Phi) is 7.01. The zero-order valence-corrected chi connectivity index (χ0v) is 14.2. The van der Waals surface area contributed by atoms with Crippen molar-refractivity contribution in [1.82, 2.24) is 10.2 Å². The van der Waals surface area contributed by atoms with E-state index in [0.29, 0.717) is 12.6 Å². The van der Waals surface area contributed by atoms with Gasteiger partial charge in [0.15, 0.2) is 0 Å². The number of nitrogens with one attached hydrogen (secondary N) is 1. The molecule has 0 bridgehead atoms. The van der Waals surface area contributed by atoms with Gasteiger partial charge in [0.2, 0.25) is 5.91 Å². The minimum atomic E-state index is -0.0319. The Morgan fingerprint density at radius 2 is 1.80 bits per heavy atom. The van der Waals surface area contributed by atoms with Crippen molar-refractivity contribution in [2.75, 3.05) is 13.1 Å². The van der Waals surface area contributed by atoms with Crippen molar-refractivity contribution in [2.45, 2.75) is 84.7 Å². The van der Waals surface area contributed by atoms with Crippen molar-refractivity contribution < 1.29 is 4.79 Å². The van der Waals surface area contributed by atoms with Gasteiger partial charge in [-0.05, 0) is 58.3 Å². The molecule has 0 heterocycles. The van der Waals surface area contributed by atoms with Crippen molar-refractivity contribution in [1.29, 1.82) is 0 Å². The molecule has 1 aliphatic rings. The summed E-state index contributed by atoms with van der Waals surface area (Å²) in [7, 11) is 0. The minimum Gasteiger partial charge on any atom is -0.336 e. The van der Waals surface area contributed by atoms with Crippen LogP contribution in [0.3, 0.4) is 0 Å². The third-order valence-electron chi connectivity index (χ3n) is 4.90. The molecule has 118 valence electrons. The topological polar surface area (TPSA) is 32.3 Å². The summed E-state index contributed by atoms with van der Waals surface area (Å²) in [5, 5.41) is 3.49. The molecule has 0 atom stereocenters. The summed E-state index contributed by atoms with van der Waals surface area (Å²) in [6, 6.07) is 0.545. The monoisotopic (exact) mass is 282 g/mol. The molecule has 1 N–H and O–H groups in total. The van der Waals surface area contributed by atoms with Crippen LogP contribution in [-0.2, 0) is 4.79 Å². The smallest absolute Gasteiger partial charge is 0.236 e. The second-order valence-electron chi connectivity index (χ2n) is 7.05. The van der Waals surface area contributed by atoms with Crippen LogP contribution in [0.25, 0.3) is 0 Å². The lowest BCUT2D eigenvalue weighted by Gasteiger charge is -2.38. The number of hydrogen-bond donors (Lipinski definition) is 1. The molecule has 1 amide bonds. The van der Waals surface area contributed by atoms with E-state index in [1.54, 1.807) is 0 Å². The predicted molar refractivity (Wildman–Crippen MR) is 85.8 cm³/mol. The van der Waals surface area contributed by atoms with Gasteiger partial charge in [0.05, 0.1) is 6.54 Å². The number of hydrogen-bond acceptors (Lipinski definition) is 2. The number of nitrogens with zero attached hydrogens (tertiary/aromatic N) is 1. The number of amides is 1. The molecule has 1 saturated carbocycles. The van der Waals surface area contributed by atoms with Crippen LogP contribution in [0.15, 0.2) is 0 Å². The standard InChI is InChI=1S/C17H34N2O/c1-6-12-19(17(4,5)7-2)16(20)13-18-15-10-8-14(3)9-11-15/h14-15,18H,6-13H2,1-5H3. The fourth-order valence-corrected chi connectivity index (χ4v) is 2.97. The predicted octanol–water partition coefficient (Wildman–Crippen LogP) is 3.58. The van der Waals surface area contributed by atoms with E-state index in [1.165, 1.54) is 25.7 Å². The van der Waals surface area contributed by atoms with E-state index < -0.39 is 0 Å². The molecule has 3 heteroatoms. The van der Waals surface area contributed by atoms with Gasteiger partial charge in [0, 0.05) is 18.1 Å². The van der Waals surface area contributed by atoms with Gasteiger partial charge in [0.25, 0.3) is 0 Å². The molecule has 0 aliphatic heterocycles. The van der Waals surface area contributed by atoms with E-state index in [9.17, 15) is 4.79 Å². The van der Waals surface area contributed by atoms with Crippen LogP contribution in [-0.4, -0.2) is 35.5 Å². The van der Waals surface area contributed by atoms with E-state index in [0.717, 1.165) is 25.3 Å². The van der Waals surface area contributed by atoms with Gasteiger partial charge in [-0.3, -0.25) is 4.79 Å². The van der Waals surface area contributed by atoms with Gasteiger partial charge in [-0.15, -0.1) is 0 Å². The first-order chi connectivity index (χ1) is 9.40. The van der Waals surface area contributed by atoms with E-state index in [4.69, 9.17) is 0 Å². The van der Waals surface area contributed by atoms with E-state index in [1.807, 2.05) is 0 Å². The molecule has 0 spiro atoms. The average Bonchev–Trinajstić information content (AvgIpc) is 2.43. The summed E-state index contributed by atoms with van der Waals surface area (Å²) >= 11 is 0. The Morgan fingerprint density at radius 3 is 2.30 bits per heavy atom. The van der Waals surface area contributed by atoms with E-state index >= 15 is 0 Å². The highest BCUT2D eigenvalue weighted by Crippen LogP contribution is 2.23. The molecule has 0 saturated heterocycles. The molecule has 0 radical (unpaired) electrons. The maximum atomic E-state index is 12.5. The van der Waals surface area contributed by atoms with Gasteiger partial charge < -0.3 is 10.2 Å². The SMILES string of the molecule is CCCN(C(=O)CNC1CCC(C)CC1)C(C)(C)CC. The summed E-state index contributed by atoms with van der Waals surface area (Å²) < 4.78 is 0. The van der Waals surface area contributed by atoms with Crippen LogP contribution < -0.4 is 5.32 Å². The molecule has 1 aliphatic carbocycles. The lowest BCUT2D eigenvalue weighted by atomic mass is 9.87. The average molecular weight is 282 g/mol. The molecule has 0 unspecified atom stereocenters. The Morgan fingerprint density at radius 1 is 1.20 bits per heavy atom. The van der Waals surface area contributed by atoms with Gasteiger partial charge in [-0.1, -0.05) is 20.8 Å². The van der Waals surface area contributed by atoms with Crippen molar-refractivity contribution in [3.63, 3.8) is 0 Å². The molecular formula is C17H34N2O. The zero-order valence-electron chi connectivity index (χ0n) is 14.2. The second kappa shape index (κ2) is 8.02. The molecule has 3 nitrogen and oxygen atoms in total. The first kappa shape index (κ1) is 17.5. The highest BCUT2D eigenvalue weighted by molar-refractivity contribution is 5.79. The molecule has 0 aromatic heterocycles. The molecule has 1 rings (SSSR count). The van der Waals surface area contributed by atoms with Crippen molar-refractivity contribution in [3.8, 4) is 0 Å². The van der Waals surface area contributed by atoms with E-state index in [-0.39, 0.29) is 11.4 Å². The van der Waals surface area contributed by atoms with Crippen LogP contribution in [0.4, 0.5) is 0 Å². The zero-order chi connectivity index (χ0) is 15.2. The second-order valence-corrected chi connectivity index (χ2v) is 7.05. The van der Waals surface area contributed by atoms with Crippen LogP contribution in [0.1, 0.15) is 73.1 Å². The number of carbonyl (C=O) groups is 1. The summed E-state index contributed by atoms with van der Waals surface area (Å²) in [5.74, 6) is 1.12. The fourth-order valence-electron chi connectivity index (χ4n) is 2.97. The van der Waals surface area contributed by atoms with Crippen LogP contribution in [0.5, 0.6) is 0 Å². The lowest BCUT2D eigenvalue weighted by molar-refractivity contribution is -0.135. The Labute approximate surface area is 125 Å². The maximum absolute atomic E-state index is 12.5. The lowest BCUT2D eigenvalue weighted by Crippen LogP contribution is -2.51. The van der Waals surface area contributed by atoms with Crippen molar-refractivity contribution in [3.05, 3.63) is 0 Å². The Balaban J connectivity index is 2.46. The van der Waals surface area contributed by atoms with Crippen LogP contribution in [0.2, 0.25) is 0 Å². The molecule has 0 aromatic rings. The van der Waals surface area contributed by atoms with E-state index in [2.05, 4.69) is 44.8 Å². The van der Waals surface area contributed by atoms with Gasteiger partial charge in [0.1, 0.15) is 0 Å². The molecule has 0 aromatic carbocycles. The third-order valence-corrected chi connectivity index (χ3v) is 4.90. The summed E-state index contributed by atoms with van der Waals surface area (Å²) in [5.41, 5.74) is -0.0319. The summed E-state index contributed by atoms with van der Waals surface area (Å²) in [6.07, 6.45) is 7.06. The first-order valence-electron chi connectivity index (χ1n) is 8.44. The minimum absolute atomic E-state index is 0.0319. The summed E-state index contributed by atoms with van der Waals surface area (Å²) in [4.78, 5) is 14.6. The Bertz CT molecular complexity index is 293. The molecular weight excluding hydrogens is 248 g/mol. The fraction of sp³-hybridized carbons (Fsp3) is 0.941. The summed E-state index contributed by atoms with van der Waals surface area (Å²) in [6.45, 7) is 12.3. The quantitative estimate of drug-likeness (QED) is 0.774. The normalized spacial score (nSPS) is 23.6. The maximum Gasteiger partial charge on any atom is 0.236 e. The van der Waals surface area contributed by atoms with Crippen molar-refractivity contribution in [2.24, 2.45) is 5.92 Å². The third kappa shape index (κ3) is 5.08. The van der Waals surface area contributed by atoms with Gasteiger partial charge in [-0.25, -0.2) is 0 Å². The van der Waals surface area contributed by atoms with Gasteiger partial charge in [-0.2, -0.15) is 0 Å². The van der Waals surface area contributed by atoms with Crippen LogP contribution >= 0.6 is 0 Å². The largest absolute Gasteiger partial charge is 0.336 e. The first-order valence-corrected chi connectivity index (χ1v) is 8.44. The highest BCUT2D eigenvalue weighted by atomic mass is 16.2. The van der Waals surface area contributed by atoms with Gasteiger partial charge >= 0.3 is 0 Å². The Hall–Kier alpha value is -0.570. The molecule has 20 heavy (non-hydrogen) atoms. The number of carbonyl (C=O) groups excluding carboxylic acids is 1. The number of rotatable bonds is 7. The van der Waals surface area contributed by atoms with Crippen LogP contribution in [0, 0.1) is 5.92 Å².